The van der Waals surface area contributed by atoms with E-state index in [1.165, 1.54) is 4.90 Å². The number of halogens is 1. The summed E-state index contributed by atoms with van der Waals surface area (Å²) in [6.45, 7) is 6.84. The van der Waals surface area contributed by atoms with Crippen molar-refractivity contribution < 1.29 is 14.7 Å². The maximum absolute atomic E-state index is 12.1. The van der Waals surface area contributed by atoms with Crippen LogP contribution >= 0.6 is 15.9 Å². The van der Waals surface area contributed by atoms with Crippen LogP contribution in [0.2, 0.25) is 0 Å². The van der Waals surface area contributed by atoms with Crippen molar-refractivity contribution in [2.75, 3.05) is 43.4 Å². The van der Waals surface area contributed by atoms with Crippen LogP contribution in [-0.2, 0) is 4.79 Å². The molecular formula is C22H30BrN7O3. The Hall–Kier alpha value is -2.69. The number of anilines is 2. The first-order valence-corrected chi connectivity index (χ1v) is 12.0. The second kappa shape index (κ2) is 9.28. The van der Waals surface area contributed by atoms with Crippen LogP contribution in [0.25, 0.3) is 11.0 Å². The number of carboxylic acid groups (broad SMARTS) is 1. The van der Waals surface area contributed by atoms with E-state index in [9.17, 15) is 14.7 Å². The molecule has 2 aliphatic heterocycles. The third-order valence-electron chi connectivity index (χ3n) is 6.34. The molecule has 3 N–H and O–H groups in total. The van der Waals surface area contributed by atoms with Crippen molar-refractivity contribution in [2.24, 2.45) is 11.3 Å². The highest BCUT2D eigenvalue weighted by molar-refractivity contribution is 9.10. The largest absolute Gasteiger partial charge is 0.465 e. The number of rotatable bonds is 7. The average molecular weight is 520 g/mol. The summed E-state index contributed by atoms with van der Waals surface area (Å²) in [6, 6.07) is 1.82. The number of hydrogen-bond donors (Lipinski definition) is 3. The molecule has 0 aromatic carbocycles. The number of carbonyl (C=O) groups is 2. The number of hydrogen-bond acceptors (Lipinski definition) is 7. The summed E-state index contributed by atoms with van der Waals surface area (Å²) in [5.74, 6) is 1.57. The van der Waals surface area contributed by atoms with Crippen molar-refractivity contribution in [2.45, 2.75) is 39.2 Å². The highest BCUT2D eigenvalue weighted by Gasteiger charge is 2.50. The minimum atomic E-state index is -0.865. The van der Waals surface area contributed by atoms with Gasteiger partial charge in [0.2, 0.25) is 11.9 Å². The van der Waals surface area contributed by atoms with Crippen LogP contribution in [0.15, 0.2) is 16.7 Å². The minimum Gasteiger partial charge on any atom is -0.465 e. The summed E-state index contributed by atoms with van der Waals surface area (Å²) in [5.41, 5.74) is 1.34. The zero-order chi connectivity index (χ0) is 23.8. The standard InChI is InChI=1S/C22H30BrN7O3/c1-13(2)6-15(8-17(31)24-3)26-19-18-16(7-14(23)9-25-18)27-20(28-19)29-5-4-22(10-29)11-30(12-22)21(32)33/h7,9,13,15H,4-6,8,10-12H2,1-3H3,(H,24,31)(H,32,33)(H,26,27,28). The van der Waals surface area contributed by atoms with Crippen molar-refractivity contribution in [3.8, 4) is 0 Å². The Bertz CT molecular complexity index is 1060. The lowest BCUT2D eigenvalue weighted by atomic mass is 9.79. The fourth-order valence-electron chi connectivity index (χ4n) is 4.77. The van der Waals surface area contributed by atoms with E-state index in [2.05, 4.69) is 50.3 Å². The van der Waals surface area contributed by atoms with E-state index in [1.807, 2.05) is 6.07 Å². The quantitative estimate of drug-likeness (QED) is 0.509. The second-order valence-electron chi connectivity index (χ2n) is 9.55. The lowest BCUT2D eigenvalue weighted by Gasteiger charge is -2.46. The Kier molecular flexibility index (Phi) is 6.60. The minimum absolute atomic E-state index is 0.0286. The van der Waals surface area contributed by atoms with Gasteiger partial charge in [-0.2, -0.15) is 4.98 Å². The van der Waals surface area contributed by atoms with E-state index in [0.29, 0.717) is 48.2 Å². The first-order valence-electron chi connectivity index (χ1n) is 11.2. The van der Waals surface area contributed by atoms with E-state index in [1.54, 1.807) is 13.2 Å². The molecule has 178 valence electrons. The summed E-state index contributed by atoms with van der Waals surface area (Å²) in [7, 11) is 1.64. The molecule has 0 aliphatic carbocycles. The van der Waals surface area contributed by atoms with Crippen molar-refractivity contribution in [3.05, 3.63) is 16.7 Å². The topological polar surface area (TPSA) is 124 Å². The van der Waals surface area contributed by atoms with Crippen LogP contribution in [0.4, 0.5) is 16.6 Å². The molecule has 4 rings (SSSR count). The van der Waals surface area contributed by atoms with Gasteiger partial charge in [-0.3, -0.25) is 4.79 Å². The lowest BCUT2D eigenvalue weighted by Crippen LogP contribution is -2.59. The third kappa shape index (κ3) is 5.13. The van der Waals surface area contributed by atoms with Gasteiger partial charge in [0, 0.05) is 61.8 Å². The van der Waals surface area contributed by atoms with Gasteiger partial charge in [-0.1, -0.05) is 13.8 Å². The summed E-state index contributed by atoms with van der Waals surface area (Å²) in [6.07, 6.45) is 2.90. The predicted molar refractivity (Wildman–Crippen MR) is 129 cm³/mol. The van der Waals surface area contributed by atoms with Crippen LogP contribution in [-0.4, -0.2) is 76.2 Å². The zero-order valence-corrected chi connectivity index (χ0v) is 20.7. The van der Waals surface area contributed by atoms with Gasteiger partial charge in [-0.15, -0.1) is 0 Å². The second-order valence-corrected chi connectivity index (χ2v) is 10.5. The van der Waals surface area contributed by atoms with Gasteiger partial charge in [0.05, 0.1) is 5.52 Å². The van der Waals surface area contributed by atoms with Gasteiger partial charge in [0.15, 0.2) is 5.82 Å². The number of pyridine rings is 1. The third-order valence-corrected chi connectivity index (χ3v) is 6.78. The highest BCUT2D eigenvalue weighted by Crippen LogP contribution is 2.41. The van der Waals surface area contributed by atoms with Gasteiger partial charge in [-0.05, 0) is 40.8 Å². The fraction of sp³-hybridized carbons (Fsp3) is 0.591. The van der Waals surface area contributed by atoms with E-state index < -0.39 is 6.09 Å². The average Bonchev–Trinajstić information content (AvgIpc) is 3.17. The Labute approximate surface area is 201 Å². The molecule has 1 spiro atoms. The van der Waals surface area contributed by atoms with Gasteiger partial charge in [-0.25, -0.2) is 14.8 Å². The molecule has 10 nitrogen and oxygen atoms in total. The molecule has 1 unspecified atom stereocenters. The van der Waals surface area contributed by atoms with Crippen molar-refractivity contribution in [1.82, 2.24) is 25.2 Å². The van der Waals surface area contributed by atoms with Crippen LogP contribution in [0.3, 0.4) is 0 Å². The Morgan fingerprint density at radius 1 is 1.27 bits per heavy atom. The van der Waals surface area contributed by atoms with E-state index >= 15 is 0 Å². The maximum Gasteiger partial charge on any atom is 0.407 e. The van der Waals surface area contributed by atoms with E-state index in [-0.39, 0.29) is 17.4 Å². The van der Waals surface area contributed by atoms with Crippen LogP contribution in [0.1, 0.15) is 33.1 Å². The fourth-order valence-corrected chi connectivity index (χ4v) is 5.09. The zero-order valence-electron chi connectivity index (χ0n) is 19.1. The Morgan fingerprint density at radius 2 is 2.03 bits per heavy atom. The predicted octanol–water partition coefficient (Wildman–Crippen LogP) is 2.94. The number of aromatic nitrogens is 3. The van der Waals surface area contributed by atoms with Gasteiger partial charge in [0.1, 0.15) is 5.52 Å². The number of nitrogens with zero attached hydrogens (tertiary/aromatic N) is 5. The number of fused-ring (bicyclic) bond motifs is 1. The molecule has 33 heavy (non-hydrogen) atoms. The number of likely N-dealkylation sites (tertiary alicyclic amines) is 1. The molecule has 2 amide bonds. The van der Waals surface area contributed by atoms with Gasteiger partial charge in [0.25, 0.3) is 0 Å². The number of amides is 2. The number of nitrogens with one attached hydrogen (secondary N) is 2. The monoisotopic (exact) mass is 519 g/mol. The molecule has 4 heterocycles. The normalized spacial score (nSPS) is 18.0. The van der Waals surface area contributed by atoms with Crippen molar-refractivity contribution >= 4 is 50.7 Å². The van der Waals surface area contributed by atoms with Crippen molar-refractivity contribution in [1.29, 1.82) is 0 Å². The highest BCUT2D eigenvalue weighted by atomic mass is 79.9. The number of carbonyl (C=O) groups excluding carboxylic acids is 1. The molecule has 2 fully saturated rings. The summed E-state index contributed by atoms with van der Waals surface area (Å²) < 4.78 is 0.823. The van der Waals surface area contributed by atoms with Gasteiger partial charge < -0.3 is 25.5 Å². The molecule has 2 aromatic rings. The molecule has 1 atom stereocenters. The molecule has 0 radical (unpaired) electrons. The van der Waals surface area contributed by atoms with Crippen molar-refractivity contribution in [3.63, 3.8) is 0 Å². The first kappa shape index (κ1) is 23.5. The lowest BCUT2D eigenvalue weighted by molar-refractivity contribution is -0.120. The van der Waals surface area contributed by atoms with Crippen LogP contribution in [0.5, 0.6) is 0 Å². The van der Waals surface area contributed by atoms with Crippen LogP contribution in [0, 0.1) is 11.3 Å². The molecular weight excluding hydrogens is 490 g/mol. The van der Waals surface area contributed by atoms with E-state index in [4.69, 9.17) is 9.97 Å². The SMILES string of the molecule is CNC(=O)CC(CC(C)C)Nc1nc(N2CCC3(CN(C(=O)O)C3)C2)nc2cc(Br)cnc12. The Morgan fingerprint density at radius 3 is 2.70 bits per heavy atom. The smallest absolute Gasteiger partial charge is 0.407 e. The summed E-state index contributed by atoms with van der Waals surface area (Å²) >= 11 is 3.48. The molecule has 0 saturated carbocycles. The van der Waals surface area contributed by atoms with Crippen LogP contribution < -0.4 is 15.5 Å². The molecule has 2 saturated heterocycles. The van der Waals surface area contributed by atoms with Gasteiger partial charge >= 0.3 is 6.09 Å². The Balaban J connectivity index is 1.62. The summed E-state index contributed by atoms with van der Waals surface area (Å²) in [4.78, 5) is 41.0. The molecule has 2 aromatic heterocycles. The molecule has 0 bridgehead atoms. The maximum atomic E-state index is 12.1. The summed E-state index contributed by atoms with van der Waals surface area (Å²) in [5, 5.41) is 15.4. The van der Waals surface area contributed by atoms with E-state index in [0.717, 1.165) is 30.4 Å². The first-order chi connectivity index (χ1) is 15.7. The molecule has 2 aliphatic rings. The molecule has 11 heteroatoms.